The van der Waals surface area contributed by atoms with Crippen LogP contribution in [0.25, 0.3) is 0 Å². The number of Topliss-reactive ketones (excluding diaryl/α,β-unsaturated/α-hetero) is 1. The zero-order chi connectivity index (χ0) is 13.8. The molecule has 1 aromatic rings. The largest absolute Gasteiger partial charge is 0.491 e. The Kier molecular flexibility index (Phi) is 4.59. The van der Waals surface area contributed by atoms with Crippen molar-refractivity contribution in [1.82, 2.24) is 5.32 Å². The van der Waals surface area contributed by atoms with Crippen molar-refractivity contribution in [2.75, 3.05) is 6.54 Å². The molecule has 104 valence electrons. The third-order valence-corrected chi connectivity index (χ3v) is 3.45. The molecule has 1 atom stereocenters. The second-order valence-electron chi connectivity index (χ2n) is 5.51. The van der Waals surface area contributed by atoms with E-state index >= 15 is 0 Å². The van der Waals surface area contributed by atoms with Crippen LogP contribution in [0.15, 0.2) is 18.2 Å². The summed E-state index contributed by atoms with van der Waals surface area (Å²) in [6.45, 7) is 6.95. The molecule has 1 aromatic carbocycles. The predicted molar refractivity (Wildman–Crippen MR) is 76.9 cm³/mol. The second kappa shape index (κ2) is 6.20. The summed E-state index contributed by atoms with van der Waals surface area (Å²) in [6, 6.07) is 5.72. The fraction of sp³-hybridized carbons (Fsp3) is 0.562. The molecule has 2 rings (SSSR count). The van der Waals surface area contributed by atoms with Gasteiger partial charge in [-0.2, -0.15) is 0 Å². The molecule has 1 aliphatic heterocycles. The number of ether oxygens (including phenoxy) is 1. The second-order valence-corrected chi connectivity index (χ2v) is 5.51. The molecule has 3 nitrogen and oxygen atoms in total. The Balaban J connectivity index is 2.12. The maximum Gasteiger partial charge on any atom is 0.179 e. The van der Waals surface area contributed by atoms with Gasteiger partial charge < -0.3 is 10.1 Å². The Hall–Kier alpha value is -1.35. The van der Waals surface area contributed by atoms with Gasteiger partial charge in [0.25, 0.3) is 0 Å². The minimum Gasteiger partial charge on any atom is -0.491 e. The molecule has 1 N–H and O–H groups in total. The van der Waals surface area contributed by atoms with Crippen molar-refractivity contribution in [3.8, 4) is 5.75 Å². The molecule has 1 unspecified atom stereocenters. The quantitative estimate of drug-likeness (QED) is 0.846. The van der Waals surface area contributed by atoms with E-state index in [-0.39, 0.29) is 17.9 Å². The molecule has 0 spiro atoms. The lowest BCUT2D eigenvalue weighted by molar-refractivity contribution is 0.0927. The van der Waals surface area contributed by atoms with E-state index in [9.17, 15) is 4.79 Å². The Morgan fingerprint density at radius 3 is 2.74 bits per heavy atom. The van der Waals surface area contributed by atoms with Gasteiger partial charge in [-0.25, -0.2) is 0 Å². The molecule has 1 fully saturated rings. The highest BCUT2D eigenvalue weighted by atomic mass is 16.5. The fourth-order valence-corrected chi connectivity index (χ4v) is 2.47. The number of carbonyl (C=O) groups is 1. The van der Waals surface area contributed by atoms with Gasteiger partial charge in [-0.05, 0) is 63.9 Å². The Morgan fingerprint density at radius 1 is 1.37 bits per heavy atom. The van der Waals surface area contributed by atoms with Gasteiger partial charge in [-0.15, -0.1) is 0 Å². The van der Waals surface area contributed by atoms with Crippen molar-refractivity contribution in [1.29, 1.82) is 0 Å². The topological polar surface area (TPSA) is 38.3 Å². The average Bonchev–Trinajstić information content (AvgIpc) is 2.41. The first kappa shape index (κ1) is 14.1. The molecule has 0 aromatic heterocycles. The van der Waals surface area contributed by atoms with Crippen molar-refractivity contribution in [3.63, 3.8) is 0 Å². The van der Waals surface area contributed by atoms with Gasteiger partial charge in [0.1, 0.15) is 5.75 Å². The van der Waals surface area contributed by atoms with Gasteiger partial charge in [-0.3, -0.25) is 4.79 Å². The molecule has 1 aliphatic rings. The number of hydrogen-bond acceptors (Lipinski definition) is 3. The number of hydrogen-bond donors (Lipinski definition) is 1. The molecule has 0 amide bonds. The van der Waals surface area contributed by atoms with Crippen molar-refractivity contribution in [2.24, 2.45) is 0 Å². The third-order valence-electron chi connectivity index (χ3n) is 3.45. The van der Waals surface area contributed by atoms with E-state index in [0.29, 0.717) is 0 Å². The van der Waals surface area contributed by atoms with E-state index in [1.54, 1.807) is 0 Å². The maximum absolute atomic E-state index is 12.4. The first-order chi connectivity index (χ1) is 9.08. The summed E-state index contributed by atoms with van der Waals surface area (Å²) in [6.07, 6.45) is 3.41. The SMILES string of the molecule is Cc1cc(C(=O)C2CCCCN2)ccc1OC(C)C. The smallest absolute Gasteiger partial charge is 0.179 e. The van der Waals surface area contributed by atoms with E-state index in [1.165, 1.54) is 6.42 Å². The molecule has 1 saturated heterocycles. The molecule has 0 aliphatic carbocycles. The van der Waals surface area contributed by atoms with Crippen LogP contribution >= 0.6 is 0 Å². The number of rotatable bonds is 4. The molecule has 3 heteroatoms. The molecule has 0 saturated carbocycles. The van der Waals surface area contributed by atoms with Gasteiger partial charge in [0, 0.05) is 5.56 Å². The highest BCUT2D eigenvalue weighted by Crippen LogP contribution is 2.22. The average molecular weight is 261 g/mol. The van der Waals surface area contributed by atoms with Crippen molar-refractivity contribution in [3.05, 3.63) is 29.3 Å². The maximum atomic E-state index is 12.4. The molecule has 19 heavy (non-hydrogen) atoms. The van der Waals surface area contributed by atoms with Crippen molar-refractivity contribution in [2.45, 2.75) is 52.2 Å². The Labute approximate surface area is 115 Å². The first-order valence-electron chi connectivity index (χ1n) is 7.13. The van der Waals surface area contributed by atoms with Crippen LogP contribution in [0.2, 0.25) is 0 Å². The summed E-state index contributed by atoms with van der Waals surface area (Å²) in [4.78, 5) is 12.4. The number of piperidine rings is 1. The summed E-state index contributed by atoms with van der Waals surface area (Å²) >= 11 is 0. The molecular weight excluding hydrogens is 238 g/mol. The number of ketones is 1. The standard InChI is InChI=1S/C16H23NO2/c1-11(2)19-15-8-7-13(10-12(15)3)16(18)14-6-4-5-9-17-14/h7-8,10-11,14,17H,4-6,9H2,1-3H3. The molecular formula is C16H23NO2. The van der Waals surface area contributed by atoms with Crippen molar-refractivity contribution >= 4 is 5.78 Å². The predicted octanol–water partition coefficient (Wildman–Crippen LogP) is 3.11. The number of benzene rings is 1. The van der Waals surface area contributed by atoms with Crippen LogP contribution < -0.4 is 10.1 Å². The van der Waals surface area contributed by atoms with E-state index < -0.39 is 0 Å². The van der Waals surface area contributed by atoms with Crippen LogP contribution in [0.1, 0.15) is 49.0 Å². The summed E-state index contributed by atoms with van der Waals surface area (Å²) in [5.41, 5.74) is 1.81. The summed E-state index contributed by atoms with van der Waals surface area (Å²) in [7, 11) is 0. The lowest BCUT2D eigenvalue weighted by atomic mass is 9.95. The zero-order valence-electron chi connectivity index (χ0n) is 12.0. The number of nitrogens with one attached hydrogen (secondary N) is 1. The van der Waals surface area contributed by atoms with Gasteiger partial charge in [0.15, 0.2) is 5.78 Å². The van der Waals surface area contributed by atoms with E-state index in [1.807, 2.05) is 39.0 Å². The lowest BCUT2D eigenvalue weighted by Gasteiger charge is -2.22. The summed E-state index contributed by atoms with van der Waals surface area (Å²) in [5, 5.41) is 3.30. The van der Waals surface area contributed by atoms with Gasteiger partial charge in [0.2, 0.25) is 0 Å². The van der Waals surface area contributed by atoms with Crippen molar-refractivity contribution < 1.29 is 9.53 Å². The van der Waals surface area contributed by atoms with Crippen LogP contribution in [-0.4, -0.2) is 24.5 Å². The van der Waals surface area contributed by atoms with Crippen LogP contribution in [0, 0.1) is 6.92 Å². The van der Waals surface area contributed by atoms with Gasteiger partial charge in [0.05, 0.1) is 12.1 Å². The number of carbonyl (C=O) groups excluding carboxylic acids is 1. The highest BCUT2D eigenvalue weighted by Gasteiger charge is 2.22. The molecule has 1 heterocycles. The van der Waals surface area contributed by atoms with E-state index in [4.69, 9.17) is 4.74 Å². The van der Waals surface area contributed by atoms with E-state index in [0.717, 1.165) is 36.3 Å². The fourth-order valence-electron chi connectivity index (χ4n) is 2.47. The monoisotopic (exact) mass is 261 g/mol. The van der Waals surface area contributed by atoms with Gasteiger partial charge in [-0.1, -0.05) is 6.42 Å². The molecule has 0 radical (unpaired) electrons. The van der Waals surface area contributed by atoms with Crippen LogP contribution in [0.5, 0.6) is 5.75 Å². The summed E-state index contributed by atoms with van der Waals surface area (Å²) in [5.74, 6) is 1.07. The molecule has 0 bridgehead atoms. The summed E-state index contributed by atoms with van der Waals surface area (Å²) < 4.78 is 5.70. The minimum absolute atomic E-state index is 0.00924. The van der Waals surface area contributed by atoms with E-state index in [2.05, 4.69) is 5.32 Å². The number of aryl methyl sites for hydroxylation is 1. The zero-order valence-corrected chi connectivity index (χ0v) is 12.0. The Bertz CT molecular complexity index is 448. The highest BCUT2D eigenvalue weighted by molar-refractivity contribution is 6.00. The van der Waals surface area contributed by atoms with Crippen LogP contribution in [0.3, 0.4) is 0 Å². The van der Waals surface area contributed by atoms with Crippen LogP contribution in [-0.2, 0) is 0 Å². The lowest BCUT2D eigenvalue weighted by Crippen LogP contribution is -2.40. The third kappa shape index (κ3) is 3.57. The normalized spacial score (nSPS) is 19.5. The first-order valence-corrected chi connectivity index (χ1v) is 7.13. The Morgan fingerprint density at radius 2 is 2.16 bits per heavy atom. The van der Waals surface area contributed by atoms with Crippen LogP contribution in [0.4, 0.5) is 0 Å². The minimum atomic E-state index is -0.00924. The van der Waals surface area contributed by atoms with Gasteiger partial charge >= 0.3 is 0 Å².